The first kappa shape index (κ1) is 26.8. The van der Waals surface area contributed by atoms with Gasteiger partial charge in [0.05, 0.1) is 6.10 Å². The van der Waals surface area contributed by atoms with Gasteiger partial charge in [-0.05, 0) is 86.7 Å². The fraction of sp³-hybridized carbons (Fsp3) is 0.452. The summed E-state index contributed by atoms with van der Waals surface area (Å²) in [5, 5.41) is 5.89. The molecule has 2 aromatic carbocycles. The maximum absolute atomic E-state index is 13.0. The molecule has 7 heteroatoms. The molecule has 2 fully saturated rings. The number of carbonyl (C=O) groups excluding carboxylic acids is 2. The molecule has 3 aliphatic rings. The van der Waals surface area contributed by atoms with Gasteiger partial charge in [-0.2, -0.15) is 0 Å². The number of rotatable bonds is 8. The molecule has 202 valence electrons. The Hall–Kier alpha value is -2.83. The Morgan fingerprint density at radius 1 is 1.16 bits per heavy atom. The third kappa shape index (κ3) is 5.92. The number of hydrogen-bond acceptors (Lipinski definition) is 4. The molecule has 1 N–H and O–H groups in total. The van der Waals surface area contributed by atoms with Crippen molar-refractivity contribution in [3.8, 4) is 0 Å². The molecule has 38 heavy (non-hydrogen) atoms. The van der Waals surface area contributed by atoms with Gasteiger partial charge in [0, 0.05) is 65.7 Å². The van der Waals surface area contributed by atoms with E-state index in [0.717, 1.165) is 54.9 Å². The van der Waals surface area contributed by atoms with Gasteiger partial charge in [0.25, 0.3) is 11.8 Å². The Balaban J connectivity index is 1.24. The van der Waals surface area contributed by atoms with Crippen molar-refractivity contribution in [3.63, 3.8) is 0 Å². The van der Waals surface area contributed by atoms with Crippen LogP contribution in [0.15, 0.2) is 36.4 Å². The van der Waals surface area contributed by atoms with Gasteiger partial charge in [-0.3, -0.25) is 9.59 Å². The molecular formula is C31H37ClN3O3-. The minimum Gasteiger partial charge on any atom is -0.405 e. The summed E-state index contributed by atoms with van der Waals surface area (Å²) < 4.78 is 5.87. The Labute approximate surface area is 230 Å². The normalized spacial score (nSPS) is 20.3. The number of halogens is 1. The molecule has 0 bridgehead atoms. The number of carbonyl (C=O) groups is 2. The summed E-state index contributed by atoms with van der Waals surface area (Å²) in [7, 11) is 0. The van der Waals surface area contributed by atoms with E-state index in [4.69, 9.17) is 16.3 Å². The largest absolute Gasteiger partial charge is 0.405 e. The van der Waals surface area contributed by atoms with Crippen LogP contribution < -0.4 is 15.8 Å². The minimum absolute atomic E-state index is 0.0543. The first-order valence-electron chi connectivity index (χ1n) is 13.7. The molecule has 2 unspecified atom stereocenters. The molecule has 1 saturated heterocycles. The first-order valence-corrected chi connectivity index (χ1v) is 14.0. The van der Waals surface area contributed by atoms with Crippen LogP contribution in [0.2, 0.25) is 5.02 Å². The van der Waals surface area contributed by atoms with E-state index in [1.54, 1.807) is 24.3 Å². The Kier molecular flexibility index (Phi) is 8.10. The predicted octanol–water partition coefficient (Wildman–Crippen LogP) is 3.53. The summed E-state index contributed by atoms with van der Waals surface area (Å²) >= 11 is 5.96. The lowest BCUT2D eigenvalue weighted by molar-refractivity contribution is -0.0302. The lowest BCUT2D eigenvalue weighted by Crippen LogP contribution is -2.54. The molecule has 0 aromatic heterocycles. The predicted molar refractivity (Wildman–Crippen MR) is 151 cm³/mol. The van der Waals surface area contributed by atoms with Crippen molar-refractivity contribution in [2.24, 2.45) is 5.92 Å². The summed E-state index contributed by atoms with van der Waals surface area (Å²) in [4.78, 5) is 30.1. The van der Waals surface area contributed by atoms with Gasteiger partial charge < -0.3 is 26.8 Å². The van der Waals surface area contributed by atoms with Crippen molar-refractivity contribution in [3.05, 3.63) is 75.5 Å². The maximum Gasteiger partial charge on any atom is 0.253 e. The molecule has 2 aliphatic heterocycles. The van der Waals surface area contributed by atoms with Crippen LogP contribution in [0, 0.1) is 19.8 Å². The molecule has 0 spiro atoms. The monoisotopic (exact) mass is 534 g/mol. The van der Waals surface area contributed by atoms with Gasteiger partial charge in [0.1, 0.15) is 0 Å². The second-order valence-electron chi connectivity index (χ2n) is 11.0. The van der Waals surface area contributed by atoms with Gasteiger partial charge in [-0.1, -0.05) is 23.7 Å². The van der Waals surface area contributed by atoms with Crippen molar-refractivity contribution in [1.82, 2.24) is 15.1 Å². The van der Waals surface area contributed by atoms with Gasteiger partial charge in [0.15, 0.2) is 0 Å². The standard InChI is InChI=1S/C31H37ClN3O3/c1-20-7-8-24-11-14-28(30(36)33-15-21(2)38-27-5-4-6-27)22(3)29(24)19-34(20)16-23-17-35(18-23)31(37)25-9-12-26(32)13-10-25/h8-14,19-21,23,27H,2,4-7,15-18H2,1,3H3,(H,33,36)/q-1. The summed E-state index contributed by atoms with van der Waals surface area (Å²) in [5.41, 5.74) is 2.33. The smallest absolute Gasteiger partial charge is 0.253 e. The number of hydrogen-bond donors (Lipinski definition) is 1. The van der Waals surface area contributed by atoms with Gasteiger partial charge in [-0.15, -0.1) is 0 Å². The Morgan fingerprint density at radius 2 is 1.89 bits per heavy atom. The van der Waals surface area contributed by atoms with E-state index in [-0.39, 0.29) is 17.9 Å². The number of nitrogens with one attached hydrogen (secondary N) is 1. The van der Waals surface area contributed by atoms with Crippen molar-refractivity contribution < 1.29 is 14.3 Å². The summed E-state index contributed by atoms with van der Waals surface area (Å²) in [5.74, 6) is 0.366. The SMILES string of the molecule is [CH2-]C(CNC(=O)c1ccc2c(c1C)=CN(CC1CN(C(=O)c3ccc(Cl)cc3)C1)C(C)CC=2)OC1CCC1. The van der Waals surface area contributed by atoms with Crippen LogP contribution in [0.25, 0.3) is 12.3 Å². The fourth-order valence-corrected chi connectivity index (χ4v) is 5.48. The van der Waals surface area contributed by atoms with E-state index in [0.29, 0.717) is 40.8 Å². The number of likely N-dealkylation sites (tertiary alicyclic amines) is 1. The highest BCUT2D eigenvalue weighted by Gasteiger charge is 2.33. The van der Waals surface area contributed by atoms with E-state index in [2.05, 4.69) is 36.3 Å². The Bertz CT molecular complexity index is 1300. The van der Waals surface area contributed by atoms with Crippen LogP contribution in [0.3, 0.4) is 0 Å². The average molecular weight is 535 g/mol. The lowest BCUT2D eigenvalue weighted by atomic mass is 9.96. The second-order valence-corrected chi connectivity index (χ2v) is 11.4. The van der Waals surface area contributed by atoms with Crippen LogP contribution >= 0.6 is 11.6 Å². The highest BCUT2D eigenvalue weighted by molar-refractivity contribution is 6.30. The number of benzene rings is 2. The number of nitrogens with zero attached hydrogens (tertiary/aromatic N) is 2. The van der Waals surface area contributed by atoms with Gasteiger partial charge in [-0.25, -0.2) is 0 Å². The molecule has 2 amide bonds. The van der Waals surface area contributed by atoms with Crippen LogP contribution in [0.5, 0.6) is 0 Å². The molecule has 0 radical (unpaired) electrons. The molecule has 2 aromatic rings. The van der Waals surface area contributed by atoms with Crippen LogP contribution in [0.1, 0.15) is 58.9 Å². The molecule has 2 heterocycles. The van der Waals surface area contributed by atoms with Crippen molar-refractivity contribution in [2.45, 2.75) is 57.8 Å². The zero-order chi connectivity index (χ0) is 26.8. The quantitative estimate of drug-likeness (QED) is 0.526. The number of amides is 2. The first-order chi connectivity index (χ1) is 18.3. The number of fused-ring (bicyclic) bond motifs is 1. The van der Waals surface area contributed by atoms with Crippen molar-refractivity contribution in [1.29, 1.82) is 0 Å². The molecule has 2 atom stereocenters. The second kappa shape index (κ2) is 11.5. The fourth-order valence-electron chi connectivity index (χ4n) is 5.36. The van der Waals surface area contributed by atoms with Gasteiger partial charge >= 0.3 is 0 Å². The topological polar surface area (TPSA) is 61.9 Å². The highest BCUT2D eigenvalue weighted by atomic mass is 35.5. The molecule has 6 nitrogen and oxygen atoms in total. The highest BCUT2D eigenvalue weighted by Crippen LogP contribution is 2.24. The molecule has 1 aliphatic carbocycles. The lowest BCUT2D eigenvalue weighted by Gasteiger charge is -2.42. The van der Waals surface area contributed by atoms with Crippen LogP contribution in [-0.2, 0) is 4.74 Å². The van der Waals surface area contributed by atoms with Crippen LogP contribution in [-0.4, -0.2) is 66.0 Å². The van der Waals surface area contributed by atoms with E-state index in [9.17, 15) is 9.59 Å². The average Bonchev–Trinajstić information content (AvgIpc) is 3.01. The zero-order valence-corrected chi connectivity index (χ0v) is 23.0. The van der Waals surface area contributed by atoms with Crippen molar-refractivity contribution >= 4 is 35.7 Å². The van der Waals surface area contributed by atoms with Crippen molar-refractivity contribution in [2.75, 3.05) is 26.2 Å². The third-order valence-corrected chi connectivity index (χ3v) is 8.32. The molecule has 1 saturated carbocycles. The molecule has 5 rings (SSSR count). The Morgan fingerprint density at radius 3 is 2.58 bits per heavy atom. The maximum atomic E-state index is 13.0. The number of ether oxygens (including phenoxy) is 1. The zero-order valence-electron chi connectivity index (χ0n) is 22.3. The van der Waals surface area contributed by atoms with E-state index >= 15 is 0 Å². The summed E-state index contributed by atoms with van der Waals surface area (Å²) in [6.45, 7) is 11.0. The van der Waals surface area contributed by atoms with E-state index < -0.39 is 0 Å². The van der Waals surface area contributed by atoms with Gasteiger partial charge in [0.2, 0.25) is 0 Å². The van der Waals surface area contributed by atoms with E-state index in [1.165, 1.54) is 6.42 Å². The summed E-state index contributed by atoms with van der Waals surface area (Å²) in [6, 6.07) is 11.4. The third-order valence-electron chi connectivity index (χ3n) is 8.07. The summed E-state index contributed by atoms with van der Waals surface area (Å²) in [6.07, 6.45) is 8.84. The van der Waals surface area contributed by atoms with E-state index in [1.807, 2.05) is 24.0 Å². The molecular weight excluding hydrogens is 498 g/mol. The minimum atomic E-state index is -0.241. The van der Waals surface area contributed by atoms with Crippen LogP contribution in [0.4, 0.5) is 0 Å².